The molecule has 24 heteroatoms. The van der Waals surface area contributed by atoms with Crippen LogP contribution in [0.15, 0.2) is 29.7 Å². The Morgan fingerprint density at radius 2 is 2.02 bits per heavy atom. The summed E-state index contributed by atoms with van der Waals surface area (Å²) in [5, 5.41) is 25.7. The molecule has 1 amide bonds. The van der Waals surface area contributed by atoms with Crippen LogP contribution in [-0.4, -0.2) is 104 Å². The van der Waals surface area contributed by atoms with Crippen molar-refractivity contribution in [1.82, 2.24) is 29.5 Å². The van der Waals surface area contributed by atoms with Gasteiger partial charge >= 0.3 is 15.0 Å². The summed E-state index contributed by atoms with van der Waals surface area (Å²) >= 11 is 6.03. The molecule has 2 aliphatic rings. The number of carbonyl (C=O) groups excluding carboxylic acids is 1. The summed E-state index contributed by atoms with van der Waals surface area (Å²) in [5.41, 5.74) is -0.651. The number of aromatic nitrogens is 6. The van der Waals surface area contributed by atoms with Gasteiger partial charge in [0.15, 0.2) is 25.7 Å². The van der Waals surface area contributed by atoms with E-state index in [2.05, 4.69) is 56.3 Å². The number of H-pyrrole nitrogens is 1. The molecule has 2 fully saturated rings. The van der Waals surface area contributed by atoms with E-state index in [-0.39, 0.29) is 53.7 Å². The van der Waals surface area contributed by atoms with Crippen LogP contribution in [0.5, 0.6) is 0 Å². The second kappa shape index (κ2) is 18.8. The molecule has 57 heavy (non-hydrogen) atoms. The molecule has 0 aromatic carbocycles. The number of hydrogen-bond donors (Lipinski definition) is 5. The van der Waals surface area contributed by atoms with Gasteiger partial charge in [0.2, 0.25) is 11.9 Å². The second-order valence-corrected chi connectivity index (χ2v) is 24.0. The van der Waals surface area contributed by atoms with Crippen molar-refractivity contribution in [3.8, 4) is 6.07 Å². The van der Waals surface area contributed by atoms with Crippen molar-refractivity contribution in [2.24, 2.45) is 11.8 Å². The number of amides is 1. The molecule has 5 N–H and O–H groups in total. The lowest BCUT2D eigenvalue weighted by Crippen LogP contribution is -2.50. The molecule has 0 radical (unpaired) electrons. The minimum Gasteiger partial charge on any atom is -0.408 e. The number of aliphatic hydroxyl groups is 1. The Labute approximate surface area is 336 Å². The quantitative estimate of drug-likeness (QED) is 0.0679. The van der Waals surface area contributed by atoms with Crippen molar-refractivity contribution < 1.29 is 46.6 Å². The Morgan fingerprint density at radius 1 is 1.26 bits per heavy atom. The van der Waals surface area contributed by atoms with Crippen molar-refractivity contribution in [1.29, 1.82) is 5.26 Å². The maximum atomic E-state index is 13.2. The number of hydrogen-bond acceptors (Lipinski definition) is 17. The molecule has 3 aromatic heterocycles. The highest BCUT2D eigenvalue weighted by atomic mass is 32.5. The number of rotatable bonds is 18. The lowest BCUT2D eigenvalue weighted by Gasteiger charge is -2.41. The molecule has 9 atom stereocenters. The van der Waals surface area contributed by atoms with Gasteiger partial charge in [-0.05, 0) is 48.8 Å². The van der Waals surface area contributed by atoms with E-state index in [1.54, 1.807) is 26.1 Å². The molecule has 1 aliphatic heterocycles. The zero-order valence-electron chi connectivity index (χ0n) is 32.7. The first-order valence-electron chi connectivity index (χ1n) is 18.4. The molecule has 4 heterocycles. The topological polar surface area (TPSA) is 267 Å². The first-order chi connectivity index (χ1) is 26.8. The fourth-order valence-corrected chi connectivity index (χ4v) is 10.1. The van der Waals surface area contributed by atoms with Crippen molar-refractivity contribution in [2.45, 2.75) is 109 Å². The van der Waals surface area contributed by atoms with Crippen molar-refractivity contribution in [2.75, 3.05) is 30.5 Å². The van der Waals surface area contributed by atoms with E-state index < -0.39 is 77.9 Å². The number of nitrogens with zero attached hydrogens (tertiary/aromatic N) is 6. The maximum Gasteiger partial charge on any atom is 0.695 e. The van der Waals surface area contributed by atoms with E-state index >= 15 is 0 Å². The van der Waals surface area contributed by atoms with Crippen molar-refractivity contribution in [3.63, 3.8) is 0 Å². The molecule has 1 aliphatic carbocycles. The lowest BCUT2D eigenvalue weighted by atomic mass is 10.1. The zero-order valence-corrected chi connectivity index (χ0v) is 36.3. The third-order valence-corrected chi connectivity index (χ3v) is 17.4. The fraction of sp³-hybridized carbons (Fsp3) is 0.667. The third kappa shape index (κ3) is 11.1. The monoisotopic (exact) mass is 870 g/mol. The van der Waals surface area contributed by atoms with Crippen LogP contribution in [0.4, 0.5) is 11.8 Å². The average Bonchev–Trinajstić information content (AvgIpc) is 3.82. The van der Waals surface area contributed by atoms with Gasteiger partial charge in [0.1, 0.15) is 36.6 Å². The summed E-state index contributed by atoms with van der Waals surface area (Å²) in [6, 6.07) is 3.50. The van der Waals surface area contributed by atoms with Gasteiger partial charge in [0.05, 0.1) is 38.6 Å². The van der Waals surface area contributed by atoms with E-state index in [1.165, 1.54) is 17.2 Å². The van der Waals surface area contributed by atoms with E-state index in [4.69, 9.17) is 39.1 Å². The highest BCUT2D eigenvalue weighted by Gasteiger charge is 2.54. The molecule has 20 nitrogen and oxygen atoms in total. The normalized spacial score (nSPS) is 25.4. The van der Waals surface area contributed by atoms with Crippen LogP contribution in [-0.2, 0) is 48.4 Å². The minimum absolute atomic E-state index is 0.0342. The Morgan fingerprint density at radius 3 is 2.65 bits per heavy atom. The van der Waals surface area contributed by atoms with Gasteiger partial charge in [0, 0.05) is 28.6 Å². The molecule has 5 rings (SSSR count). The summed E-state index contributed by atoms with van der Waals surface area (Å²) < 4.78 is 51.2. The minimum atomic E-state index is -3.88. The van der Waals surface area contributed by atoms with Crippen molar-refractivity contribution >= 4 is 63.9 Å². The summed E-state index contributed by atoms with van der Waals surface area (Å²) in [6.07, 6.45) is 0.0256. The zero-order chi connectivity index (χ0) is 41.7. The van der Waals surface area contributed by atoms with Crippen molar-refractivity contribution in [3.05, 3.63) is 35.3 Å². The molecular formula is C33H50N9O11P2SSi+. The van der Waals surface area contributed by atoms with Crippen LogP contribution in [0.25, 0.3) is 11.2 Å². The number of aromatic amines is 1. The molecule has 3 aromatic rings. The van der Waals surface area contributed by atoms with Gasteiger partial charge in [-0.1, -0.05) is 34.6 Å². The smallest absolute Gasteiger partial charge is 0.408 e. The number of ether oxygens (including phenoxy) is 1. The van der Waals surface area contributed by atoms with E-state index in [1.807, 2.05) is 19.2 Å². The number of carbonyl (C=O) groups is 1. The first-order valence-corrected chi connectivity index (χ1v) is 25.0. The van der Waals surface area contributed by atoms with E-state index in [9.17, 15) is 29.4 Å². The second-order valence-electron chi connectivity index (χ2n) is 15.6. The highest BCUT2D eigenvalue weighted by Crippen LogP contribution is 2.56. The van der Waals surface area contributed by atoms with Crippen LogP contribution >= 0.6 is 15.0 Å². The molecule has 0 spiro atoms. The Hall–Kier alpha value is -3.16. The number of aliphatic hydroxyl groups excluding tert-OH is 1. The molecule has 1 unspecified atom stereocenters. The molecular weight excluding hydrogens is 821 g/mol. The van der Waals surface area contributed by atoms with Gasteiger partial charge in [-0.15, -0.1) is 9.42 Å². The summed E-state index contributed by atoms with van der Waals surface area (Å²) in [7, 11) is -5.60. The van der Waals surface area contributed by atoms with Crippen LogP contribution < -0.4 is 16.2 Å². The largest absolute Gasteiger partial charge is 0.695 e. The number of nitrogens with one attached hydrogen (secondary N) is 3. The molecule has 312 valence electrons. The average molecular weight is 871 g/mol. The van der Waals surface area contributed by atoms with Crippen LogP contribution in [0.2, 0.25) is 18.1 Å². The van der Waals surface area contributed by atoms with Gasteiger partial charge in [-0.3, -0.25) is 29.0 Å². The van der Waals surface area contributed by atoms with E-state index in [0.29, 0.717) is 18.7 Å². The summed E-state index contributed by atoms with van der Waals surface area (Å²) in [6.45, 7) is 8.93. The standard InChI is InChI=1S/C33H49N9O11P2SSi/c1-19(2)29(44)40-32-39-28-25(30(45)41-32)37-18-42(28)31-27(26(23(15-43)50-31)53-57(6,7)33(3,4)5)52-55(56,48-12-8-10-34)49-16-20-13-21(14-22(20)51-54(46)47)38-24-9-11-35-17-36-24/h9,11,17-23,26-27,31,43H,8,12-16H2,1-7H3,(H3-,35,36,38,39,40,41,44,45,46,47)/p+1/t20-,21-,22+,23-,26-,27-,31-,55+/m1/s1. The SMILES string of the molecule is CC(C)C(=O)Nc1nc2c(ncn2[C@@H]2O[C@H](CO)[C@@H](O[Si](C)(C)C(C)(C)C)[C@H]2O[P@](=S)(OCCC#N)OC[C@H]2C[C@@H](Nc3ccncn3)C[C@@H]2O[P+](=O)O)c(=O)[nH]1. The Balaban J connectivity index is 1.52. The molecule has 0 bridgehead atoms. The number of fused-ring (bicyclic) bond motifs is 1. The number of anilines is 2. The van der Waals surface area contributed by atoms with Gasteiger partial charge < -0.3 is 28.6 Å². The third-order valence-electron chi connectivity index (χ3n) is 10.1. The summed E-state index contributed by atoms with van der Waals surface area (Å²) in [5.74, 6) is -0.805. The first kappa shape index (κ1) is 44.9. The van der Waals surface area contributed by atoms with Crippen LogP contribution in [0.1, 0.15) is 60.1 Å². The maximum absolute atomic E-state index is 13.2. The Kier molecular flexibility index (Phi) is 14.8. The van der Waals surface area contributed by atoms with Gasteiger partial charge in [-0.25, -0.2) is 15.0 Å². The summed E-state index contributed by atoms with van der Waals surface area (Å²) in [4.78, 5) is 54.9. The van der Waals surface area contributed by atoms with Gasteiger partial charge in [0.25, 0.3) is 5.56 Å². The van der Waals surface area contributed by atoms with Crippen LogP contribution in [0.3, 0.4) is 0 Å². The van der Waals surface area contributed by atoms with Crippen LogP contribution in [0, 0.1) is 23.2 Å². The fourth-order valence-electron chi connectivity index (χ4n) is 6.13. The highest BCUT2D eigenvalue weighted by molar-refractivity contribution is 8.07. The molecule has 1 saturated carbocycles. The predicted molar refractivity (Wildman–Crippen MR) is 213 cm³/mol. The Bertz CT molecular complexity index is 2030. The van der Waals surface area contributed by atoms with Gasteiger partial charge in [-0.2, -0.15) is 10.2 Å². The number of nitriles is 1. The van der Waals surface area contributed by atoms with E-state index in [0.717, 1.165) is 0 Å². The molecule has 1 saturated heterocycles. The number of imidazole rings is 1. The predicted octanol–water partition coefficient (Wildman–Crippen LogP) is 4.27. The lowest BCUT2D eigenvalue weighted by molar-refractivity contribution is -0.118.